The van der Waals surface area contributed by atoms with Crippen LogP contribution >= 0.6 is 0 Å². The van der Waals surface area contributed by atoms with Crippen LogP contribution in [0.4, 0.5) is 11.4 Å². The molecule has 0 bridgehead atoms. The molecule has 8 nitrogen and oxygen atoms in total. The maximum absolute atomic E-state index is 10.8. The molecule has 110 valence electrons. The van der Waals surface area contributed by atoms with Gasteiger partial charge in [0.05, 0.1) is 27.8 Å². The molecule has 0 fully saturated rings. The van der Waals surface area contributed by atoms with Crippen LogP contribution in [0, 0.1) is 20.2 Å². The summed E-state index contributed by atoms with van der Waals surface area (Å²) in [5.41, 5.74) is 0.709. The average Bonchev–Trinajstić information content (AvgIpc) is 2.52. The number of non-ortho nitro benzene ring substituents is 1. The van der Waals surface area contributed by atoms with E-state index >= 15 is 0 Å². The first-order chi connectivity index (χ1) is 10.6. The zero-order chi connectivity index (χ0) is 15.9. The summed E-state index contributed by atoms with van der Waals surface area (Å²) < 4.78 is 0. The summed E-state index contributed by atoms with van der Waals surface area (Å²) >= 11 is 0. The lowest BCUT2D eigenvalue weighted by atomic mass is 10.2. The van der Waals surface area contributed by atoms with E-state index in [9.17, 15) is 20.2 Å². The van der Waals surface area contributed by atoms with Crippen molar-refractivity contribution in [1.29, 1.82) is 0 Å². The van der Waals surface area contributed by atoms with Crippen LogP contribution in [0.5, 0.6) is 0 Å². The fourth-order valence-corrected chi connectivity index (χ4v) is 1.68. The minimum atomic E-state index is -0.508. The van der Waals surface area contributed by atoms with Gasteiger partial charge in [0.2, 0.25) is 0 Å². The van der Waals surface area contributed by atoms with Gasteiger partial charge in [-0.15, -0.1) is 0 Å². The van der Waals surface area contributed by atoms with Crippen molar-refractivity contribution < 1.29 is 9.85 Å². The summed E-state index contributed by atoms with van der Waals surface area (Å²) in [6.45, 7) is 0. The van der Waals surface area contributed by atoms with Crippen LogP contribution in [-0.2, 0) is 0 Å². The van der Waals surface area contributed by atoms with Gasteiger partial charge in [0, 0.05) is 23.8 Å². The Balaban J connectivity index is 2.14. The topological polar surface area (TPSA) is 111 Å². The summed E-state index contributed by atoms with van der Waals surface area (Å²) in [4.78, 5) is 20.4. The van der Waals surface area contributed by atoms with Crippen molar-refractivity contribution in [1.82, 2.24) is 0 Å². The van der Waals surface area contributed by atoms with Gasteiger partial charge < -0.3 is 0 Å². The number of rotatable bonds is 5. The second-order valence-corrected chi connectivity index (χ2v) is 4.16. The Labute approximate surface area is 124 Å². The van der Waals surface area contributed by atoms with Crippen LogP contribution < -0.4 is 0 Å². The average molecular weight is 298 g/mol. The van der Waals surface area contributed by atoms with Gasteiger partial charge in [-0.2, -0.15) is 10.2 Å². The molecule has 0 unspecified atom stereocenters. The van der Waals surface area contributed by atoms with Crippen LogP contribution in [0.15, 0.2) is 58.7 Å². The summed E-state index contributed by atoms with van der Waals surface area (Å²) in [6.07, 6.45) is 2.59. The Morgan fingerprint density at radius 1 is 0.864 bits per heavy atom. The van der Waals surface area contributed by atoms with Gasteiger partial charge in [-0.1, -0.05) is 24.3 Å². The third-order valence-electron chi connectivity index (χ3n) is 2.68. The van der Waals surface area contributed by atoms with E-state index in [1.165, 1.54) is 36.7 Å². The highest BCUT2D eigenvalue weighted by atomic mass is 16.6. The lowest BCUT2D eigenvalue weighted by molar-refractivity contribution is -0.385. The van der Waals surface area contributed by atoms with E-state index in [1.54, 1.807) is 24.3 Å². The summed E-state index contributed by atoms with van der Waals surface area (Å²) in [5.74, 6) is 0. The summed E-state index contributed by atoms with van der Waals surface area (Å²) in [5, 5.41) is 28.9. The second-order valence-electron chi connectivity index (χ2n) is 4.16. The quantitative estimate of drug-likeness (QED) is 0.480. The molecule has 2 aromatic carbocycles. The minimum absolute atomic E-state index is 0.0494. The van der Waals surface area contributed by atoms with Crippen molar-refractivity contribution in [2.75, 3.05) is 0 Å². The molecule has 0 aliphatic rings. The molecule has 0 aromatic heterocycles. The normalized spacial score (nSPS) is 11.1. The smallest absolute Gasteiger partial charge is 0.258 e. The van der Waals surface area contributed by atoms with E-state index < -0.39 is 9.85 Å². The Bertz CT molecular complexity index is 771. The molecular formula is C14H10N4O4. The third-order valence-corrected chi connectivity index (χ3v) is 2.68. The molecule has 0 atom stereocenters. The van der Waals surface area contributed by atoms with Crippen LogP contribution in [-0.4, -0.2) is 22.3 Å². The second kappa shape index (κ2) is 6.84. The number of hydrogen-bond donors (Lipinski definition) is 0. The summed E-state index contributed by atoms with van der Waals surface area (Å²) in [7, 11) is 0. The Morgan fingerprint density at radius 2 is 1.59 bits per heavy atom. The zero-order valence-corrected chi connectivity index (χ0v) is 11.2. The van der Waals surface area contributed by atoms with E-state index in [0.29, 0.717) is 11.1 Å². The molecule has 0 spiro atoms. The molecule has 0 N–H and O–H groups in total. The number of nitro groups is 2. The number of nitro benzene ring substituents is 2. The standard InChI is InChI=1S/C14H10N4O4/c19-17(20)13-6-3-4-11(8-13)9-15-16-10-12-5-1-2-7-14(12)18(21)22/h1-10H/b15-9+,16-10+. The molecule has 22 heavy (non-hydrogen) atoms. The van der Waals surface area contributed by atoms with Crippen molar-refractivity contribution in [2.24, 2.45) is 10.2 Å². The molecule has 2 rings (SSSR count). The van der Waals surface area contributed by atoms with Crippen molar-refractivity contribution in [3.05, 3.63) is 79.9 Å². The highest BCUT2D eigenvalue weighted by Gasteiger charge is 2.09. The van der Waals surface area contributed by atoms with Gasteiger partial charge in [0.15, 0.2) is 0 Å². The molecule has 0 amide bonds. The molecule has 0 aliphatic heterocycles. The van der Waals surface area contributed by atoms with Crippen LogP contribution in [0.25, 0.3) is 0 Å². The maximum Gasteiger partial charge on any atom is 0.278 e. The zero-order valence-electron chi connectivity index (χ0n) is 11.2. The molecular weight excluding hydrogens is 288 g/mol. The number of nitrogens with zero attached hydrogens (tertiary/aromatic N) is 4. The molecule has 8 heteroatoms. The van der Waals surface area contributed by atoms with Crippen molar-refractivity contribution in [3.63, 3.8) is 0 Å². The Morgan fingerprint density at radius 3 is 2.32 bits per heavy atom. The Kier molecular flexibility index (Phi) is 4.66. The fourth-order valence-electron chi connectivity index (χ4n) is 1.68. The predicted molar refractivity (Wildman–Crippen MR) is 81.4 cm³/mol. The lowest BCUT2D eigenvalue weighted by Crippen LogP contribution is -1.93. The maximum atomic E-state index is 10.8. The van der Waals surface area contributed by atoms with Crippen LogP contribution in [0.3, 0.4) is 0 Å². The van der Waals surface area contributed by atoms with E-state index in [0.717, 1.165) is 0 Å². The predicted octanol–water partition coefficient (Wildman–Crippen LogP) is 2.96. The molecule has 0 saturated carbocycles. The van der Waals surface area contributed by atoms with Crippen molar-refractivity contribution >= 4 is 23.8 Å². The molecule has 2 aromatic rings. The van der Waals surface area contributed by atoms with Gasteiger partial charge in [-0.25, -0.2) is 0 Å². The highest BCUT2D eigenvalue weighted by molar-refractivity contribution is 5.86. The van der Waals surface area contributed by atoms with Crippen molar-refractivity contribution in [3.8, 4) is 0 Å². The third kappa shape index (κ3) is 3.79. The molecule has 0 heterocycles. The lowest BCUT2D eigenvalue weighted by Gasteiger charge is -1.94. The van der Waals surface area contributed by atoms with Gasteiger partial charge in [-0.3, -0.25) is 20.2 Å². The summed E-state index contributed by atoms with van der Waals surface area (Å²) in [6, 6.07) is 12.0. The van der Waals surface area contributed by atoms with Gasteiger partial charge in [-0.05, 0) is 6.07 Å². The van der Waals surface area contributed by atoms with Gasteiger partial charge in [0.1, 0.15) is 0 Å². The monoisotopic (exact) mass is 298 g/mol. The SMILES string of the molecule is O=[N+]([O-])c1cccc(/C=N/N=C/c2ccccc2[N+](=O)[O-])c1. The van der Waals surface area contributed by atoms with E-state index in [-0.39, 0.29) is 11.4 Å². The minimum Gasteiger partial charge on any atom is -0.258 e. The van der Waals surface area contributed by atoms with Crippen LogP contribution in [0.1, 0.15) is 11.1 Å². The fraction of sp³-hybridized carbons (Fsp3) is 0. The number of hydrogen-bond acceptors (Lipinski definition) is 6. The van der Waals surface area contributed by atoms with Gasteiger partial charge in [0.25, 0.3) is 11.4 Å². The molecule has 0 aliphatic carbocycles. The molecule has 0 saturated heterocycles. The number of benzene rings is 2. The van der Waals surface area contributed by atoms with E-state index in [4.69, 9.17) is 0 Å². The highest BCUT2D eigenvalue weighted by Crippen LogP contribution is 2.15. The van der Waals surface area contributed by atoms with Crippen molar-refractivity contribution in [2.45, 2.75) is 0 Å². The Hall–Kier alpha value is -3.42. The van der Waals surface area contributed by atoms with Crippen LogP contribution in [0.2, 0.25) is 0 Å². The first-order valence-electron chi connectivity index (χ1n) is 6.12. The first kappa shape index (κ1) is 15.0. The first-order valence-corrected chi connectivity index (χ1v) is 6.12. The molecule has 0 radical (unpaired) electrons. The van der Waals surface area contributed by atoms with Gasteiger partial charge >= 0.3 is 0 Å². The number of para-hydroxylation sites is 1. The van der Waals surface area contributed by atoms with E-state index in [1.807, 2.05) is 0 Å². The largest absolute Gasteiger partial charge is 0.278 e. The van der Waals surface area contributed by atoms with E-state index in [2.05, 4.69) is 10.2 Å².